The Morgan fingerprint density at radius 2 is 1.79 bits per heavy atom. The van der Waals surface area contributed by atoms with Crippen molar-refractivity contribution in [2.24, 2.45) is 5.92 Å². The summed E-state index contributed by atoms with van der Waals surface area (Å²) in [6, 6.07) is 12.0. The highest BCUT2D eigenvalue weighted by atomic mass is 19.1. The van der Waals surface area contributed by atoms with Crippen molar-refractivity contribution in [2.75, 3.05) is 45.2 Å². The number of ether oxygens (including phenoxy) is 1. The highest BCUT2D eigenvalue weighted by Crippen LogP contribution is 2.28. The molecule has 2 aromatic carbocycles. The van der Waals surface area contributed by atoms with Gasteiger partial charge < -0.3 is 15.0 Å². The number of halogens is 2. The van der Waals surface area contributed by atoms with E-state index in [4.69, 9.17) is 0 Å². The van der Waals surface area contributed by atoms with E-state index in [1.54, 1.807) is 30.3 Å². The van der Waals surface area contributed by atoms with Crippen molar-refractivity contribution >= 4 is 17.7 Å². The number of methoxy groups -OCH3 is 1. The van der Waals surface area contributed by atoms with Gasteiger partial charge in [0.15, 0.2) is 0 Å². The summed E-state index contributed by atoms with van der Waals surface area (Å²) in [7, 11) is 1.17. The van der Waals surface area contributed by atoms with Crippen LogP contribution in [0.2, 0.25) is 0 Å². The Kier molecular flexibility index (Phi) is 9.24. The molecule has 1 amide bonds. The molecule has 0 aliphatic carbocycles. The zero-order valence-electron chi connectivity index (χ0n) is 22.5. The summed E-state index contributed by atoms with van der Waals surface area (Å²) >= 11 is 0. The number of nitrogens with zero attached hydrogens (tertiary/aromatic N) is 3. The van der Waals surface area contributed by atoms with Crippen LogP contribution < -0.4 is 5.32 Å². The highest BCUT2D eigenvalue weighted by molar-refractivity contribution is 5.97. The number of amides is 1. The lowest BCUT2D eigenvalue weighted by Crippen LogP contribution is -2.49. The number of pyridine rings is 1. The molecule has 1 aliphatic rings. The molecule has 1 saturated heterocycles. The van der Waals surface area contributed by atoms with Crippen LogP contribution >= 0.6 is 0 Å². The number of esters is 1. The summed E-state index contributed by atoms with van der Waals surface area (Å²) < 4.78 is 33.9. The molecule has 39 heavy (non-hydrogen) atoms. The minimum Gasteiger partial charge on any atom is -0.465 e. The standard InChI is InChI=1S/C30H34F2N4O3/c1-20(2)11-12-35-13-15-36(16-14-35)29(37)23-9-10-27(34-19-23)33-18-22-8-7-21(17-26(22)32)24-5-4-6-25(31)28(24)30(38)39-3/h4-10,17,19-20H,11-16,18H2,1-3H3,(H,33,34). The van der Waals surface area contributed by atoms with Gasteiger partial charge in [0, 0.05) is 44.5 Å². The Morgan fingerprint density at radius 3 is 2.44 bits per heavy atom. The van der Waals surface area contributed by atoms with E-state index in [1.807, 2.05) is 4.90 Å². The number of piperazine rings is 1. The number of carbonyl (C=O) groups excluding carboxylic acids is 2. The number of aromatic nitrogens is 1. The summed E-state index contributed by atoms with van der Waals surface area (Å²) in [6.07, 6.45) is 2.69. The fourth-order valence-electron chi connectivity index (χ4n) is 4.54. The second kappa shape index (κ2) is 12.8. The van der Waals surface area contributed by atoms with Crippen LogP contribution in [0.1, 0.15) is 46.5 Å². The Hall–Kier alpha value is -3.85. The first-order chi connectivity index (χ1) is 18.8. The molecule has 1 fully saturated rings. The summed E-state index contributed by atoms with van der Waals surface area (Å²) in [5.74, 6) is -0.942. The molecule has 4 rings (SSSR count). The van der Waals surface area contributed by atoms with E-state index in [9.17, 15) is 18.4 Å². The molecule has 1 aliphatic heterocycles. The van der Waals surface area contributed by atoms with Gasteiger partial charge in [0.2, 0.25) is 0 Å². The first kappa shape index (κ1) is 28.2. The Morgan fingerprint density at radius 1 is 1.03 bits per heavy atom. The zero-order valence-corrected chi connectivity index (χ0v) is 22.5. The van der Waals surface area contributed by atoms with Gasteiger partial charge in [0.1, 0.15) is 23.0 Å². The second-order valence-corrected chi connectivity index (χ2v) is 10.1. The smallest absolute Gasteiger partial charge is 0.341 e. The third kappa shape index (κ3) is 6.97. The number of benzene rings is 2. The maximum Gasteiger partial charge on any atom is 0.341 e. The van der Waals surface area contributed by atoms with Gasteiger partial charge in [-0.3, -0.25) is 9.69 Å². The SMILES string of the molecule is COC(=O)c1c(F)cccc1-c1ccc(CNc2ccc(C(=O)N3CCN(CCC(C)C)CC3)cn2)c(F)c1. The maximum absolute atomic E-state index is 14.9. The molecular weight excluding hydrogens is 502 g/mol. The number of hydrogen-bond acceptors (Lipinski definition) is 6. The molecule has 0 unspecified atom stereocenters. The molecule has 1 aromatic heterocycles. The lowest BCUT2D eigenvalue weighted by atomic mass is 9.98. The number of carbonyl (C=O) groups is 2. The van der Waals surface area contributed by atoms with Crippen LogP contribution in [-0.4, -0.2) is 66.5 Å². The monoisotopic (exact) mass is 536 g/mol. The number of hydrogen-bond donors (Lipinski definition) is 1. The van der Waals surface area contributed by atoms with Crippen LogP contribution in [0, 0.1) is 17.6 Å². The first-order valence-electron chi connectivity index (χ1n) is 13.1. The van der Waals surface area contributed by atoms with Gasteiger partial charge >= 0.3 is 5.97 Å². The van der Waals surface area contributed by atoms with E-state index in [0.717, 1.165) is 32.1 Å². The van der Waals surface area contributed by atoms with Crippen LogP contribution in [0.3, 0.4) is 0 Å². The normalized spacial score (nSPS) is 13.9. The van der Waals surface area contributed by atoms with Gasteiger partial charge in [-0.25, -0.2) is 18.6 Å². The summed E-state index contributed by atoms with van der Waals surface area (Å²) in [6.45, 7) is 8.79. The Labute approximate surface area is 227 Å². The summed E-state index contributed by atoms with van der Waals surface area (Å²) in [4.78, 5) is 33.6. The third-order valence-corrected chi connectivity index (χ3v) is 6.92. The van der Waals surface area contributed by atoms with Crippen molar-refractivity contribution in [3.63, 3.8) is 0 Å². The summed E-state index contributed by atoms with van der Waals surface area (Å²) in [5, 5.41) is 3.07. The topological polar surface area (TPSA) is 74.8 Å². The largest absolute Gasteiger partial charge is 0.465 e. The van der Waals surface area contributed by atoms with E-state index in [2.05, 4.69) is 33.8 Å². The molecule has 1 N–H and O–H groups in total. The van der Waals surface area contributed by atoms with Gasteiger partial charge in [0.05, 0.1) is 12.7 Å². The average molecular weight is 537 g/mol. The third-order valence-electron chi connectivity index (χ3n) is 6.92. The molecule has 0 bridgehead atoms. The van der Waals surface area contributed by atoms with Gasteiger partial charge in [-0.2, -0.15) is 0 Å². The van der Waals surface area contributed by atoms with E-state index in [-0.39, 0.29) is 23.6 Å². The van der Waals surface area contributed by atoms with Crippen LogP contribution in [0.4, 0.5) is 14.6 Å². The van der Waals surface area contributed by atoms with Crippen molar-refractivity contribution in [3.05, 3.63) is 83.1 Å². The van der Waals surface area contributed by atoms with Crippen LogP contribution in [0.25, 0.3) is 11.1 Å². The number of anilines is 1. The van der Waals surface area contributed by atoms with Gasteiger partial charge in [-0.15, -0.1) is 0 Å². The van der Waals surface area contributed by atoms with E-state index >= 15 is 0 Å². The average Bonchev–Trinajstić information content (AvgIpc) is 2.95. The van der Waals surface area contributed by atoms with Crippen molar-refractivity contribution in [1.82, 2.24) is 14.8 Å². The molecule has 0 radical (unpaired) electrons. The van der Waals surface area contributed by atoms with Crippen molar-refractivity contribution in [1.29, 1.82) is 0 Å². The Bertz CT molecular complexity index is 1310. The maximum atomic E-state index is 14.9. The quantitative estimate of drug-likeness (QED) is 0.378. The van der Waals surface area contributed by atoms with Crippen LogP contribution in [-0.2, 0) is 11.3 Å². The summed E-state index contributed by atoms with van der Waals surface area (Å²) in [5.41, 5.74) is 1.25. The molecule has 7 nitrogen and oxygen atoms in total. The molecule has 9 heteroatoms. The highest BCUT2D eigenvalue weighted by Gasteiger charge is 2.22. The van der Waals surface area contributed by atoms with E-state index in [0.29, 0.717) is 41.5 Å². The fraction of sp³-hybridized carbons (Fsp3) is 0.367. The van der Waals surface area contributed by atoms with Crippen LogP contribution in [0.5, 0.6) is 0 Å². The number of rotatable bonds is 9. The number of nitrogens with one attached hydrogen (secondary N) is 1. The predicted octanol–water partition coefficient (Wildman–Crippen LogP) is 5.23. The van der Waals surface area contributed by atoms with Crippen molar-refractivity contribution < 1.29 is 23.1 Å². The molecule has 2 heterocycles. The fourth-order valence-corrected chi connectivity index (χ4v) is 4.54. The van der Waals surface area contributed by atoms with Crippen molar-refractivity contribution in [2.45, 2.75) is 26.8 Å². The van der Waals surface area contributed by atoms with Gasteiger partial charge in [0.25, 0.3) is 5.91 Å². The second-order valence-electron chi connectivity index (χ2n) is 10.1. The molecule has 3 aromatic rings. The molecule has 0 spiro atoms. The Balaban J connectivity index is 1.35. The first-order valence-corrected chi connectivity index (χ1v) is 13.1. The minimum atomic E-state index is -0.828. The molecule has 0 atom stereocenters. The lowest BCUT2D eigenvalue weighted by molar-refractivity contribution is 0.0595. The zero-order chi connectivity index (χ0) is 27.9. The lowest BCUT2D eigenvalue weighted by Gasteiger charge is -2.35. The predicted molar refractivity (Wildman–Crippen MR) is 146 cm³/mol. The molecule has 0 saturated carbocycles. The molecule has 206 valence electrons. The van der Waals surface area contributed by atoms with E-state index in [1.165, 1.54) is 25.4 Å². The van der Waals surface area contributed by atoms with Gasteiger partial charge in [-0.05, 0) is 54.3 Å². The van der Waals surface area contributed by atoms with Gasteiger partial charge in [-0.1, -0.05) is 38.1 Å². The molecular formula is C30H34F2N4O3. The van der Waals surface area contributed by atoms with Crippen molar-refractivity contribution in [3.8, 4) is 11.1 Å². The van der Waals surface area contributed by atoms with E-state index < -0.39 is 17.6 Å². The minimum absolute atomic E-state index is 0.0390. The van der Waals surface area contributed by atoms with Crippen LogP contribution in [0.15, 0.2) is 54.7 Å².